The van der Waals surface area contributed by atoms with Crippen LogP contribution in [0, 0.1) is 0 Å². The van der Waals surface area contributed by atoms with Crippen LogP contribution in [0.2, 0.25) is 0 Å². The fourth-order valence-electron chi connectivity index (χ4n) is 2.92. The Bertz CT molecular complexity index is 794. The molecule has 0 spiro atoms. The molecule has 23 heavy (non-hydrogen) atoms. The minimum atomic E-state index is 0. The number of nitrogens with zero attached hydrogens (tertiary/aromatic N) is 4. The third kappa shape index (κ3) is 3.48. The monoisotopic (exact) mass is 331 g/mol. The van der Waals surface area contributed by atoms with Crippen molar-refractivity contribution in [2.45, 2.75) is 44.9 Å². The van der Waals surface area contributed by atoms with Crippen LogP contribution in [0.15, 0.2) is 29.4 Å². The Morgan fingerprint density at radius 2 is 1.87 bits per heavy atom. The molecule has 0 saturated heterocycles. The number of aromatic nitrogens is 4. The Labute approximate surface area is 142 Å². The van der Waals surface area contributed by atoms with Crippen molar-refractivity contribution in [3.8, 4) is 0 Å². The van der Waals surface area contributed by atoms with Gasteiger partial charge in [-0.1, -0.05) is 30.0 Å². The lowest BCUT2D eigenvalue weighted by molar-refractivity contribution is 0.187. The van der Waals surface area contributed by atoms with Crippen LogP contribution in [0.3, 0.4) is 0 Å². The predicted octanol–water partition coefficient (Wildman–Crippen LogP) is 3.96. The van der Waals surface area contributed by atoms with Crippen LogP contribution in [0.4, 0.5) is 0 Å². The summed E-state index contributed by atoms with van der Waals surface area (Å²) < 4.78 is 0. The van der Waals surface area contributed by atoms with E-state index < -0.39 is 0 Å². The number of fused-ring (bicyclic) bond motifs is 3. The maximum atomic E-state index is 4.61. The zero-order valence-corrected chi connectivity index (χ0v) is 14.9. The molecule has 5 nitrogen and oxygen atoms in total. The van der Waals surface area contributed by atoms with E-state index >= 15 is 0 Å². The van der Waals surface area contributed by atoms with Crippen LogP contribution in [0.25, 0.3) is 22.1 Å². The highest BCUT2D eigenvalue weighted by molar-refractivity contribution is 7.99. The molecule has 3 aromatic rings. The number of nitrogens with one attached hydrogen (secondary N) is 1. The second kappa shape index (κ2) is 6.84. The molecule has 3 rings (SSSR count). The predicted molar refractivity (Wildman–Crippen MR) is 99.0 cm³/mol. The minimum absolute atomic E-state index is 0. The lowest BCUT2D eigenvalue weighted by atomic mass is 10.2. The second-order valence-corrected chi connectivity index (χ2v) is 7.30. The molecule has 0 aliphatic carbocycles. The fourth-order valence-corrected chi connectivity index (χ4v) is 3.66. The van der Waals surface area contributed by atoms with Gasteiger partial charge in [0.15, 0.2) is 5.65 Å². The van der Waals surface area contributed by atoms with Crippen molar-refractivity contribution >= 4 is 33.8 Å². The number of benzene rings is 1. The smallest absolute Gasteiger partial charge is 0.211 e. The quantitative estimate of drug-likeness (QED) is 0.693. The maximum Gasteiger partial charge on any atom is 0.211 e. The lowest BCUT2D eigenvalue weighted by Gasteiger charge is -2.30. The summed E-state index contributed by atoms with van der Waals surface area (Å²) >= 11 is 1.66. The normalized spacial score (nSPS) is 12.3. The van der Waals surface area contributed by atoms with E-state index in [0.29, 0.717) is 12.1 Å². The molecule has 6 heteroatoms. The van der Waals surface area contributed by atoms with Gasteiger partial charge in [0.1, 0.15) is 5.52 Å². The van der Waals surface area contributed by atoms with Crippen LogP contribution in [-0.2, 0) is 0 Å². The van der Waals surface area contributed by atoms with Crippen molar-refractivity contribution in [3.63, 3.8) is 0 Å². The van der Waals surface area contributed by atoms with Gasteiger partial charge in [-0.3, -0.25) is 4.90 Å². The van der Waals surface area contributed by atoms with Crippen LogP contribution in [0.1, 0.15) is 29.1 Å². The van der Waals surface area contributed by atoms with E-state index in [-0.39, 0.29) is 1.43 Å². The summed E-state index contributed by atoms with van der Waals surface area (Å²) in [4.78, 5) is 10.4. The van der Waals surface area contributed by atoms with E-state index in [0.717, 1.165) is 39.5 Å². The minimum Gasteiger partial charge on any atom is -0.338 e. The lowest BCUT2D eigenvalue weighted by Crippen LogP contribution is -2.38. The van der Waals surface area contributed by atoms with E-state index in [4.69, 9.17) is 0 Å². The molecule has 0 bridgehead atoms. The highest BCUT2D eigenvalue weighted by Gasteiger charge is 2.14. The summed E-state index contributed by atoms with van der Waals surface area (Å²) in [6.45, 7) is 9.96. The first-order chi connectivity index (χ1) is 11.1. The molecule has 124 valence electrons. The van der Waals surface area contributed by atoms with Gasteiger partial charge in [-0.15, -0.1) is 10.2 Å². The fraction of sp³-hybridized carbons (Fsp3) is 0.471. The van der Waals surface area contributed by atoms with Crippen molar-refractivity contribution in [3.05, 3.63) is 24.3 Å². The van der Waals surface area contributed by atoms with Gasteiger partial charge in [0.05, 0.1) is 0 Å². The number of para-hydroxylation sites is 1. The van der Waals surface area contributed by atoms with E-state index in [1.54, 1.807) is 11.8 Å². The topological polar surface area (TPSA) is 57.7 Å². The number of rotatable bonds is 6. The summed E-state index contributed by atoms with van der Waals surface area (Å²) in [6.07, 6.45) is 0. The maximum absolute atomic E-state index is 4.61. The van der Waals surface area contributed by atoms with Gasteiger partial charge in [0.25, 0.3) is 0 Å². The number of aromatic amines is 1. The molecule has 0 atom stereocenters. The molecular weight excluding hydrogens is 306 g/mol. The van der Waals surface area contributed by atoms with E-state index in [2.05, 4.69) is 52.8 Å². The van der Waals surface area contributed by atoms with Gasteiger partial charge in [-0.2, -0.15) is 0 Å². The number of thioether (sulfide) groups is 1. The Morgan fingerprint density at radius 3 is 2.61 bits per heavy atom. The molecular formula is C17H25N5S. The molecule has 0 radical (unpaired) electrons. The van der Waals surface area contributed by atoms with Gasteiger partial charge in [-0.05, 0) is 33.8 Å². The first kappa shape index (κ1) is 16.2. The van der Waals surface area contributed by atoms with Crippen LogP contribution in [-0.4, -0.2) is 49.4 Å². The van der Waals surface area contributed by atoms with Crippen molar-refractivity contribution in [1.29, 1.82) is 0 Å². The second-order valence-electron chi connectivity index (χ2n) is 6.24. The summed E-state index contributed by atoms with van der Waals surface area (Å²) in [7, 11) is 0. The van der Waals surface area contributed by atoms with Gasteiger partial charge < -0.3 is 4.98 Å². The third-order valence-electron chi connectivity index (χ3n) is 4.01. The molecule has 0 fully saturated rings. The van der Waals surface area contributed by atoms with Gasteiger partial charge in [-0.25, -0.2) is 4.98 Å². The summed E-state index contributed by atoms with van der Waals surface area (Å²) in [5.41, 5.74) is 2.71. The Kier molecular flexibility index (Phi) is 4.82. The molecule has 2 heterocycles. The van der Waals surface area contributed by atoms with Crippen LogP contribution < -0.4 is 0 Å². The molecule has 1 N–H and O–H groups in total. The molecule has 0 amide bonds. The molecule has 2 aromatic heterocycles. The van der Waals surface area contributed by atoms with Gasteiger partial charge >= 0.3 is 0 Å². The first-order valence-electron chi connectivity index (χ1n) is 8.06. The zero-order valence-electron chi connectivity index (χ0n) is 14.1. The van der Waals surface area contributed by atoms with E-state index in [9.17, 15) is 0 Å². The van der Waals surface area contributed by atoms with Crippen LogP contribution in [0.5, 0.6) is 0 Å². The summed E-state index contributed by atoms with van der Waals surface area (Å²) in [5.74, 6) is 0.962. The number of hydrogen-bond acceptors (Lipinski definition) is 5. The zero-order chi connectivity index (χ0) is 16.4. The SMILES string of the molecule is CC(C)N(CCSc1nnc2c(n1)[nH]c1ccccc12)C(C)C.[HH]. The number of hydrogen-bond donors (Lipinski definition) is 1. The largest absolute Gasteiger partial charge is 0.338 e. The number of H-pyrrole nitrogens is 1. The highest BCUT2D eigenvalue weighted by Crippen LogP contribution is 2.23. The van der Waals surface area contributed by atoms with Crippen molar-refractivity contribution in [1.82, 2.24) is 25.1 Å². The van der Waals surface area contributed by atoms with Crippen molar-refractivity contribution < 1.29 is 1.43 Å². The Hall–Kier alpha value is -1.66. The van der Waals surface area contributed by atoms with E-state index in [1.807, 2.05) is 24.3 Å². The van der Waals surface area contributed by atoms with Gasteiger partial charge in [0, 0.05) is 36.7 Å². The molecule has 0 aliphatic heterocycles. The van der Waals surface area contributed by atoms with Crippen molar-refractivity contribution in [2.24, 2.45) is 0 Å². The van der Waals surface area contributed by atoms with Crippen molar-refractivity contribution in [2.75, 3.05) is 12.3 Å². The first-order valence-corrected chi connectivity index (χ1v) is 9.04. The Balaban J connectivity index is 0.00000208. The standard InChI is InChI=1S/C17H23N5S.H2/c1-11(2)22(12(3)4)9-10-23-17-19-16-15(20-21-17)13-7-5-6-8-14(13)18-16;/h5-8,11-12H,9-10H2,1-4H3,(H,18,19,21);1H. The van der Waals surface area contributed by atoms with Crippen LogP contribution >= 0.6 is 11.8 Å². The molecule has 0 aliphatic rings. The molecule has 0 saturated carbocycles. The summed E-state index contributed by atoms with van der Waals surface area (Å²) in [6, 6.07) is 9.19. The van der Waals surface area contributed by atoms with E-state index in [1.165, 1.54) is 0 Å². The summed E-state index contributed by atoms with van der Waals surface area (Å²) in [5, 5.41) is 10.4. The third-order valence-corrected chi connectivity index (χ3v) is 4.83. The highest BCUT2D eigenvalue weighted by atomic mass is 32.2. The average molecular weight is 331 g/mol. The molecule has 1 aromatic carbocycles. The van der Waals surface area contributed by atoms with Gasteiger partial charge in [0.2, 0.25) is 5.16 Å². The molecule has 0 unspecified atom stereocenters. The average Bonchev–Trinajstić information content (AvgIpc) is 2.88. The Morgan fingerprint density at radius 1 is 1.13 bits per heavy atom.